The van der Waals surface area contributed by atoms with Crippen molar-refractivity contribution < 1.29 is 26.4 Å². The number of rotatable bonds is 7. The largest absolute Gasteiger partial charge is 0.484 e. The average Bonchev–Trinajstić information content (AvgIpc) is 3.14. The van der Waals surface area contributed by atoms with Crippen molar-refractivity contribution in [1.82, 2.24) is 4.31 Å². The maximum Gasteiger partial charge on any atom is 0.264 e. The number of fused-ring (bicyclic) bond motifs is 1. The van der Waals surface area contributed by atoms with Gasteiger partial charge in [-0.2, -0.15) is 0 Å². The standard InChI is InChI=1S/C20H25N3O6S2/c1-21(2)31(27,28)18-9-10-19-15(13-18)11-12-23(19)20(24)14-29-17-7-5-16(6-8-17)22(3)30(4,25)26/h5-10,13H,11-12,14H2,1-4H3. The quantitative estimate of drug-likeness (QED) is 0.608. The molecule has 0 spiro atoms. The number of nitrogens with zero attached hydrogens (tertiary/aromatic N) is 3. The molecule has 1 aliphatic heterocycles. The van der Waals surface area contributed by atoms with Crippen LogP contribution in [0.2, 0.25) is 0 Å². The lowest BCUT2D eigenvalue weighted by Gasteiger charge is -2.19. The van der Waals surface area contributed by atoms with E-state index in [-0.39, 0.29) is 17.4 Å². The summed E-state index contributed by atoms with van der Waals surface area (Å²) in [6.45, 7) is 0.250. The number of benzene rings is 2. The summed E-state index contributed by atoms with van der Waals surface area (Å²) in [4.78, 5) is 14.4. The normalized spacial score (nSPS) is 13.9. The Hall–Kier alpha value is -2.63. The van der Waals surface area contributed by atoms with E-state index in [4.69, 9.17) is 4.74 Å². The van der Waals surface area contributed by atoms with Gasteiger partial charge in [0, 0.05) is 33.4 Å². The summed E-state index contributed by atoms with van der Waals surface area (Å²) in [5.41, 5.74) is 1.96. The molecule has 0 unspecified atom stereocenters. The third kappa shape index (κ3) is 4.83. The molecule has 0 bridgehead atoms. The van der Waals surface area contributed by atoms with E-state index in [2.05, 4.69) is 0 Å². The maximum absolute atomic E-state index is 12.7. The van der Waals surface area contributed by atoms with Gasteiger partial charge < -0.3 is 9.64 Å². The lowest BCUT2D eigenvalue weighted by atomic mass is 10.2. The molecule has 0 radical (unpaired) electrons. The number of ether oxygens (including phenoxy) is 1. The Morgan fingerprint density at radius 2 is 1.68 bits per heavy atom. The number of anilines is 2. The first-order valence-electron chi connectivity index (χ1n) is 9.44. The molecule has 31 heavy (non-hydrogen) atoms. The Morgan fingerprint density at radius 1 is 1.03 bits per heavy atom. The van der Waals surface area contributed by atoms with Gasteiger partial charge >= 0.3 is 0 Å². The van der Waals surface area contributed by atoms with Gasteiger partial charge in [-0.25, -0.2) is 21.1 Å². The van der Waals surface area contributed by atoms with Gasteiger partial charge in [0.2, 0.25) is 20.0 Å². The number of hydrogen-bond donors (Lipinski definition) is 0. The van der Waals surface area contributed by atoms with Crippen LogP contribution in [0.15, 0.2) is 47.4 Å². The minimum Gasteiger partial charge on any atom is -0.484 e. The molecule has 1 heterocycles. The average molecular weight is 468 g/mol. The molecule has 9 nitrogen and oxygen atoms in total. The van der Waals surface area contributed by atoms with Crippen LogP contribution >= 0.6 is 0 Å². The third-order valence-electron chi connectivity index (χ3n) is 5.09. The first-order valence-corrected chi connectivity index (χ1v) is 12.7. The molecule has 11 heteroatoms. The molecule has 3 rings (SSSR count). The van der Waals surface area contributed by atoms with Gasteiger partial charge in [-0.15, -0.1) is 0 Å². The van der Waals surface area contributed by atoms with Gasteiger partial charge in [-0.05, 0) is 54.4 Å². The monoisotopic (exact) mass is 467 g/mol. The van der Waals surface area contributed by atoms with Crippen molar-refractivity contribution in [2.24, 2.45) is 0 Å². The second kappa shape index (κ2) is 8.48. The fourth-order valence-corrected chi connectivity index (χ4v) is 4.63. The van der Waals surface area contributed by atoms with Crippen molar-refractivity contribution in [3.63, 3.8) is 0 Å². The Labute approximate surface area is 182 Å². The molecule has 2 aromatic rings. The zero-order valence-electron chi connectivity index (χ0n) is 17.8. The number of hydrogen-bond acceptors (Lipinski definition) is 6. The summed E-state index contributed by atoms with van der Waals surface area (Å²) < 4.78 is 55.7. The van der Waals surface area contributed by atoms with Crippen LogP contribution in [0.4, 0.5) is 11.4 Å². The van der Waals surface area contributed by atoms with E-state index in [1.807, 2.05) is 0 Å². The Bertz CT molecular complexity index is 1190. The van der Waals surface area contributed by atoms with E-state index in [9.17, 15) is 21.6 Å². The highest BCUT2D eigenvalue weighted by Gasteiger charge is 2.27. The van der Waals surface area contributed by atoms with Gasteiger partial charge in [0.15, 0.2) is 6.61 Å². The van der Waals surface area contributed by atoms with E-state index in [0.717, 1.165) is 20.4 Å². The van der Waals surface area contributed by atoms with Gasteiger partial charge in [0.05, 0.1) is 16.8 Å². The Morgan fingerprint density at radius 3 is 2.26 bits per heavy atom. The molecule has 0 saturated heterocycles. The molecule has 168 valence electrons. The molecule has 1 amide bonds. The van der Waals surface area contributed by atoms with Crippen molar-refractivity contribution >= 4 is 37.3 Å². The minimum absolute atomic E-state index is 0.195. The molecule has 2 aromatic carbocycles. The van der Waals surface area contributed by atoms with Crippen LogP contribution in [0.25, 0.3) is 0 Å². The smallest absolute Gasteiger partial charge is 0.264 e. The van der Waals surface area contributed by atoms with Gasteiger partial charge in [-0.3, -0.25) is 9.10 Å². The molecule has 0 fully saturated rings. The molecule has 0 aliphatic carbocycles. The Balaban J connectivity index is 1.67. The summed E-state index contributed by atoms with van der Waals surface area (Å²) in [6, 6.07) is 11.1. The van der Waals surface area contributed by atoms with Gasteiger partial charge in [-0.1, -0.05) is 0 Å². The first-order chi connectivity index (χ1) is 14.4. The number of amides is 1. The van der Waals surface area contributed by atoms with Crippen LogP contribution in [0.5, 0.6) is 5.75 Å². The zero-order valence-corrected chi connectivity index (χ0v) is 19.4. The zero-order chi connectivity index (χ0) is 23.0. The number of sulfonamides is 2. The predicted molar refractivity (Wildman–Crippen MR) is 119 cm³/mol. The second-order valence-electron chi connectivity index (χ2n) is 7.39. The molecular formula is C20H25N3O6S2. The highest BCUT2D eigenvalue weighted by atomic mass is 32.2. The fourth-order valence-electron chi connectivity index (χ4n) is 3.18. The minimum atomic E-state index is -3.54. The van der Waals surface area contributed by atoms with E-state index in [1.54, 1.807) is 41.3 Å². The van der Waals surface area contributed by atoms with Crippen LogP contribution in [-0.4, -0.2) is 67.6 Å². The van der Waals surface area contributed by atoms with Crippen LogP contribution in [0.3, 0.4) is 0 Å². The second-order valence-corrected chi connectivity index (χ2v) is 11.6. The summed E-state index contributed by atoms with van der Waals surface area (Å²) in [6.07, 6.45) is 1.67. The highest BCUT2D eigenvalue weighted by Crippen LogP contribution is 2.31. The molecule has 0 N–H and O–H groups in total. The van der Waals surface area contributed by atoms with Crippen molar-refractivity contribution in [3.8, 4) is 5.75 Å². The maximum atomic E-state index is 12.7. The highest BCUT2D eigenvalue weighted by molar-refractivity contribution is 7.92. The van der Waals surface area contributed by atoms with E-state index in [1.165, 1.54) is 27.2 Å². The molecule has 0 saturated carbocycles. The fraction of sp³-hybridized carbons (Fsp3) is 0.350. The summed E-state index contributed by atoms with van der Waals surface area (Å²) in [7, 11) is -2.50. The van der Waals surface area contributed by atoms with Gasteiger partial charge in [0.25, 0.3) is 5.91 Å². The molecule has 0 atom stereocenters. The molecule has 0 aromatic heterocycles. The number of carbonyl (C=O) groups excluding carboxylic acids is 1. The van der Waals surface area contributed by atoms with E-state index in [0.29, 0.717) is 30.1 Å². The van der Waals surface area contributed by atoms with Crippen molar-refractivity contribution in [1.29, 1.82) is 0 Å². The number of carbonyl (C=O) groups is 1. The topological polar surface area (TPSA) is 104 Å². The van der Waals surface area contributed by atoms with Crippen LogP contribution in [0.1, 0.15) is 5.56 Å². The van der Waals surface area contributed by atoms with E-state index >= 15 is 0 Å². The van der Waals surface area contributed by atoms with Crippen LogP contribution in [0, 0.1) is 0 Å². The van der Waals surface area contributed by atoms with Crippen molar-refractivity contribution in [2.45, 2.75) is 11.3 Å². The van der Waals surface area contributed by atoms with Crippen molar-refractivity contribution in [2.75, 3.05) is 49.8 Å². The molecule has 1 aliphatic rings. The van der Waals surface area contributed by atoms with E-state index < -0.39 is 20.0 Å². The lowest BCUT2D eigenvalue weighted by molar-refractivity contribution is -0.120. The van der Waals surface area contributed by atoms with Gasteiger partial charge in [0.1, 0.15) is 5.75 Å². The van der Waals surface area contributed by atoms with Crippen molar-refractivity contribution in [3.05, 3.63) is 48.0 Å². The Kier molecular flexibility index (Phi) is 6.30. The summed E-state index contributed by atoms with van der Waals surface area (Å²) in [5.74, 6) is 0.185. The summed E-state index contributed by atoms with van der Waals surface area (Å²) in [5, 5.41) is 0. The first kappa shape index (κ1) is 23.0. The predicted octanol–water partition coefficient (Wildman–Crippen LogP) is 1.30. The summed E-state index contributed by atoms with van der Waals surface area (Å²) >= 11 is 0. The van der Waals surface area contributed by atoms with Crippen LogP contribution in [-0.2, 0) is 31.3 Å². The SMILES string of the molecule is CN(c1ccc(OCC(=O)N2CCc3cc(S(=O)(=O)N(C)C)ccc32)cc1)S(C)(=O)=O. The van der Waals surface area contributed by atoms with Crippen LogP contribution < -0.4 is 13.9 Å². The molecular weight excluding hydrogens is 442 g/mol. The third-order valence-corrected chi connectivity index (χ3v) is 8.10. The lowest BCUT2D eigenvalue weighted by Crippen LogP contribution is -2.33.